The van der Waals surface area contributed by atoms with Crippen LogP contribution >= 0.6 is 0 Å². The summed E-state index contributed by atoms with van der Waals surface area (Å²) in [6.07, 6.45) is 3.22. The van der Waals surface area contributed by atoms with Crippen molar-refractivity contribution in [1.82, 2.24) is 15.0 Å². The molecule has 0 spiro atoms. The van der Waals surface area contributed by atoms with Crippen LogP contribution in [-0.2, 0) is 6.42 Å². The van der Waals surface area contributed by atoms with Crippen LogP contribution in [0.5, 0.6) is 11.6 Å². The summed E-state index contributed by atoms with van der Waals surface area (Å²) in [5, 5.41) is 18.6. The molecule has 0 aliphatic heterocycles. The Morgan fingerprint density at radius 2 is 2.14 bits per heavy atom. The lowest BCUT2D eigenvalue weighted by molar-refractivity contribution is 0.0699. The summed E-state index contributed by atoms with van der Waals surface area (Å²) in [4.78, 5) is 22.1. The zero-order valence-corrected chi connectivity index (χ0v) is 11.5. The number of nitrogens with zero attached hydrogens (tertiary/aromatic N) is 2. The number of aliphatic hydroxyl groups is 1. The first kappa shape index (κ1) is 14.0. The molecule has 7 nitrogen and oxygen atoms in total. The van der Waals surface area contributed by atoms with Gasteiger partial charge in [0.05, 0.1) is 5.56 Å². The zero-order valence-electron chi connectivity index (χ0n) is 11.5. The van der Waals surface area contributed by atoms with Crippen molar-refractivity contribution in [3.05, 3.63) is 48.0 Å². The van der Waals surface area contributed by atoms with Crippen LogP contribution in [0.25, 0.3) is 10.9 Å². The molecule has 0 bridgehead atoms. The molecule has 0 atom stereocenters. The van der Waals surface area contributed by atoms with E-state index in [-0.39, 0.29) is 12.2 Å². The third-order valence-corrected chi connectivity index (χ3v) is 3.17. The van der Waals surface area contributed by atoms with Gasteiger partial charge in [0.25, 0.3) is 0 Å². The fourth-order valence-electron chi connectivity index (χ4n) is 2.14. The average molecular weight is 299 g/mol. The Bertz CT molecular complexity index is 829. The molecule has 0 saturated carbocycles. The van der Waals surface area contributed by atoms with E-state index in [9.17, 15) is 4.79 Å². The van der Waals surface area contributed by atoms with E-state index in [0.29, 0.717) is 34.6 Å². The molecule has 0 aliphatic carbocycles. The van der Waals surface area contributed by atoms with Crippen LogP contribution in [0.1, 0.15) is 16.1 Å². The van der Waals surface area contributed by atoms with Crippen molar-refractivity contribution in [1.29, 1.82) is 0 Å². The average Bonchev–Trinajstić information content (AvgIpc) is 2.91. The number of aromatic amines is 1. The predicted molar refractivity (Wildman–Crippen MR) is 78.2 cm³/mol. The molecule has 22 heavy (non-hydrogen) atoms. The fraction of sp³-hybridized carbons (Fsp3) is 0.133. The summed E-state index contributed by atoms with van der Waals surface area (Å²) in [5.74, 6) is -0.191. The maximum Gasteiger partial charge on any atom is 0.337 e. The van der Waals surface area contributed by atoms with E-state index < -0.39 is 5.97 Å². The molecule has 0 fully saturated rings. The first-order chi connectivity index (χ1) is 10.7. The molecular weight excluding hydrogens is 286 g/mol. The number of aromatic nitrogens is 3. The van der Waals surface area contributed by atoms with Crippen molar-refractivity contribution in [2.45, 2.75) is 6.42 Å². The van der Waals surface area contributed by atoms with Crippen LogP contribution in [-0.4, -0.2) is 37.7 Å². The molecule has 0 amide bonds. The lowest BCUT2D eigenvalue weighted by atomic mass is 10.1. The number of carboxylic acid groups (broad SMARTS) is 1. The van der Waals surface area contributed by atoms with E-state index in [2.05, 4.69) is 15.0 Å². The van der Waals surface area contributed by atoms with E-state index >= 15 is 0 Å². The molecular formula is C15H13N3O4. The lowest BCUT2D eigenvalue weighted by Gasteiger charge is -2.06. The Morgan fingerprint density at radius 1 is 1.27 bits per heavy atom. The van der Waals surface area contributed by atoms with Crippen molar-refractivity contribution in [3.63, 3.8) is 0 Å². The van der Waals surface area contributed by atoms with Crippen molar-refractivity contribution in [3.8, 4) is 11.6 Å². The molecule has 0 unspecified atom stereocenters. The van der Waals surface area contributed by atoms with E-state index in [1.807, 2.05) is 0 Å². The molecule has 0 aliphatic rings. The first-order valence-corrected chi connectivity index (χ1v) is 6.61. The molecule has 2 heterocycles. The third-order valence-electron chi connectivity index (χ3n) is 3.17. The van der Waals surface area contributed by atoms with Gasteiger partial charge in [0, 0.05) is 41.9 Å². The van der Waals surface area contributed by atoms with Crippen LogP contribution in [0.2, 0.25) is 0 Å². The maximum atomic E-state index is 11.2. The number of rotatable bonds is 5. The largest absolute Gasteiger partial charge is 0.478 e. The molecule has 0 radical (unpaired) electrons. The van der Waals surface area contributed by atoms with E-state index in [4.69, 9.17) is 14.9 Å². The van der Waals surface area contributed by atoms with Gasteiger partial charge in [-0.15, -0.1) is 0 Å². The van der Waals surface area contributed by atoms with Crippen molar-refractivity contribution >= 4 is 16.9 Å². The Balaban J connectivity index is 1.92. The van der Waals surface area contributed by atoms with Crippen LogP contribution in [0.15, 0.2) is 36.8 Å². The summed E-state index contributed by atoms with van der Waals surface area (Å²) in [6.45, 7) is -0.00622. The number of benzene rings is 1. The standard InChI is InChI=1S/C15H13N3O4/c19-4-3-9-5-14(18-8-17-9)22-10-1-2-13-11(6-10)12(7-16-13)15(20)21/h1-2,5-8,16,19H,3-4H2,(H,20,21). The third kappa shape index (κ3) is 2.75. The van der Waals surface area contributed by atoms with E-state index in [1.54, 1.807) is 24.3 Å². The summed E-state index contributed by atoms with van der Waals surface area (Å²) in [7, 11) is 0. The highest BCUT2D eigenvalue weighted by Crippen LogP contribution is 2.26. The second kappa shape index (κ2) is 5.82. The second-order valence-corrected chi connectivity index (χ2v) is 4.64. The molecule has 3 rings (SSSR count). The summed E-state index contributed by atoms with van der Waals surface area (Å²) in [5.41, 5.74) is 1.57. The van der Waals surface area contributed by atoms with Crippen LogP contribution in [0.4, 0.5) is 0 Å². The minimum atomic E-state index is -1.00. The minimum absolute atomic E-state index is 0.00622. The normalized spacial score (nSPS) is 10.8. The van der Waals surface area contributed by atoms with Crippen LogP contribution in [0.3, 0.4) is 0 Å². The fourth-order valence-corrected chi connectivity index (χ4v) is 2.14. The van der Waals surface area contributed by atoms with Gasteiger partial charge in [-0.25, -0.2) is 14.8 Å². The van der Waals surface area contributed by atoms with Crippen molar-refractivity contribution < 1.29 is 19.7 Å². The Hall–Kier alpha value is -2.93. The number of hydrogen-bond acceptors (Lipinski definition) is 5. The topological polar surface area (TPSA) is 108 Å². The number of aromatic carboxylic acids is 1. The van der Waals surface area contributed by atoms with Gasteiger partial charge < -0.3 is 19.9 Å². The van der Waals surface area contributed by atoms with Gasteiger partial charge in [-0.2, -0.15) is 0 Å². The smallest absolute Gasteiger partial charge is 0.337 e. The van der Waals surface area contributed by atoms with Crippen molar-refractivity contribution in [2.24, 2.45) is 0 Å². The van der Waals surface area contributed by atoms with E-state index in [0.717, 1.165) is 0 Å². The zero-order chi connectivity index (χ0) is 15.5. The summed E-state index contributed by atoms with van der Waals surface area (Å²) < 4.78 is 5.64. The maximum absolute atomic E-state index is 11.2. The number of nitrogens with one attached hydrogen (secondary N) is 1. The molecule has 7 heteroatoms. The number of fused-ring (bicyclic) bond motifs is 1. The number of ether oxygens (including phenoxy) is 1. The monoisotopic (exact) mass is 299 g/mol. The lowest BCUT2D eigenvalue weighted by Crippen LogP contribution is -1.97. The quantitative estimate of drug-likeness (QED) is 0.665. The highest BCUT2D eigenvalue weighted by atomic mass is 16.5. The Morgan fingerprint density at radius 3 is 2.91 bits per heavy atom. The highest BCUT2D eigenvalue weighted by Gasteiger charge is 2.11. The summed E-state index contributed by atoms with van der Waals surface area (Å²) >= 11 is 0. The molecule has 3 aromatic rings. The number of carbonyl (C=O) groups is 1. The first-order valence-electron chi connectivity index (χ1n) is 6.61. The molecule has 0 saturated heterocycles. The van der Waals surface area contributed by atoms with Crippen LogP contribution < -0.4 is 4.74 Å². The number of H-pyrrole nitrogens is 1. The van der Waals surface area contributed by atoms with Gasteiger partial charge in [0.15, 0.2) is 0 Å². The van der Waals surface area contributed by atoms with Gasteiger partial charge >= 0.3 is 5.97 Å². The molecule has 112 valence electrons. The highest BCUT2D eigenvalue weighted by molar-refractivity contribution is 6.03. The summed E-state index contributed by atoms with van der Waals surface area (Å²) in [6, 6.07) is 6.74. The predicted octanol–water partition coefficient (Wildman–Crippen LogP) is 1.98. The van der Waals surface area contributed by atoms with E-state index in [1.165, 1.54) is 12.5 Å². The number of hydrogen-bond donors (Lipinski definition) is 3. The van der Waals surface area contributed by atoms with Gasteiger partial charge in [-0.1, -0.05) is 0 Å². The Labute approximate surface area is 125 Å². The van der Waals surface area contributed by atoms with Crippen molar-refractivity contribution in [2.75, 3.05) is 6.61 Å². The van der Waals surface area contributed by atoms with Crippen LogP contribution in [0, 0.1) is 0 Å². The van der Waals surface area contributed by atoms with Gasteiger partial charge in [0.2, 0.25) is 5.88 Å². The minimum Gasteiger partial charge on any atom is -0.478 e. The molecule has 3 N–H and O–H groups in total. The second-order valence-electron chi connectivity index (χ2n) is 4.64. The number of aliphatic hydroxyl groups excluding tert-OH is 1. The number of carboxylic acids is 1. The van der Waals surface area contributed by atoms with Gasteiger partial charge in [0.1, 0.15) is 12.1 Å². The molecule has 1 aromatic carbocycles. The SMILES string of the molecule is O=C(O)c1c[nH]c2ccc(Oc3cc(CCO)ncn3)cc12. The molecule has 2 aromatic heterocycles. The van der Waals surface area contributed by atoms with Gasteiger partial charge in [-0.05, 0) is 18.2 Å². The van der Waals surface area contributed by atoms with Gasteiger partial charge in [-0.3, -0.25) is 0 Å². The Kier molecular flexibility index (Phi) is 3.71.